The first-order chi connectivity index (χ1) is 27.9. The van der Waals surface area contributed by atoms with Crippen molar-refractivity contribution in [1.82, 2.24) is 15.0 Å². The molecule has 3 aromatic heterocycles. The Morgan fingerprint density at radius 3 is 1.42 bits per heavy atom. The molecule has 0 fully saturated rings. The summed E-state index contributed by atoms with van der Waals surface area (Å²) in [6.45, 7) is 10.6. The molecule has 0 bridgehead atoms. The van der Waals surface area contributed by atoms with Crippen LogP contribution in [0.4, 0.5) is 56.0 Å². The maximum absolute atomic E-state index is 11.9. The molecule has 0 aliphatic carbocycles. The molecule has 0 unspecified atom stereocenters. The lowest BCUT2D eigenvalue weighted by Crippen LogP contribution is -2.21. The van der Waals surface area contributed by atoms with Gasteiger partial charge in [-0.2, -0.15) is 40.2 Å². The first-order valence-electron chi connectivity index (χ1n) is 17.5. The predicted molar refractivity (Wildman–Crippen MR) is 230 cm³/mol. The molecule has 0 saturated carbocycles. The Hall–Kier alpha value is -4.67. The molecule has 2 aromatic carbocycles. The number of thiophene rings is 2. The molecule has 59 heavy (non-hydrogen) atoms. The summed E-state index contributed by atoms with van der Waals surface area (Å²) < 4.78 is 99.4. The van der Waals surface area contributed by atoms with Gasteiger partial charge in [0.25, 0.3) is 30.4 Å². The number of thioether (sulfide) groups is 1. The van der Waals surface area contributed by atoms with Crippen molar-refractivity contribution in [3.63, 3.8) is 0 Å². The van der Waals surface area contributed by atoms with Gasteiger partial charge in [-0.3, -0.25) is 13.7 Å². The van der Waals surface area contributed by atoms with Gasteiger partial charge in [0, 0.05) is 43.3 Å². The van der Waals surface area contributed by atoms with E-state index in [1.54, 1.807) is 36.4 Å². The highest BCUT2D eigenvalue weighted by atomic mass is 32.2. The molecule has 3 heterocycles. The Labute approximate surface area is 353 Å². The minimum absolute atomic E-state index is 0.0424. The van der Waals surface area contributed by atoms with E-state index < -0.39 is 45.9 Å². The largest absolute Gasteiger partial charge is 0.372 e. The summed E-state index contributed by atoms with van der Waals surface area (Å²) in [6.07, 6.45) is 0. The first kappa shape index (κ1) is 45.4. The fourth-order valence-corrected chi connectivity index (χ4v) is 10.3. The number of azo groups is 2. The van der Waals surface area contributed by atoms with Crippen LogP contribution >= 0.6 is 34.4 Å². The third-order valence-electron chi connectivity index (χ3n) is 8.17. The van der Waals surface area contributed by atoms with Gasteiger partial charge in [0.05, 0.1) is 17.1 Å². The Kier molecular flexibility index (Phi) is 15.1. The number of benzene rings is 2. The summed E-state index contributed by atoms with van der Waals surface area (Å²) in [6, 6.07) is 12.9. The van der Waals surface area contributed by atoms with Gasteiger partial charge in [0.1, 0.15) is 21.2 Å². The third-order valence-corrected chi connectivity index (χ3v) is 13.6. The van der Waals surface area contributed by atoms with Crippen LogP contribution in [-0.4, -0.2) is 91.5 Å². The molecule has 5 aromatic rings. The van der Waals surface area contributed by atoms with Crippen LogP contribution in [0.3, 0.4) is 0 Å². The summed E-state index contributed by atoms with van der Waals surface area (Å²) in [5.41, 5.74) is 2.70. The number of anilines is 6. The molecule has 0 saturated heterocycles. The van der Waals surface area contributed by atoms with Crippen LogP contribution in [0.5, 0.6) is 0 Å². The molecule has 0 atom stereocenters. The van der Waals surface area contributed by atoms with Gasteiger partial charge in [0.2, 0.25) is 11.9 Å². The Morgan fingerprint density at radius 2 is 1.05 bits per heavy atom. The lowest BCUT2D eigenvalue weighted by Gasteiger charge is -2.22. The molecule has 0 spiro atoms. The van der Waals surface area contributed by atoms with Crippen molar-refractivity contribution >= 4 is 121 Å². The van der Waals surface area contributed by atoms with Gasteiger partial charge in [0.15, 0.2) is 15.2 Å². The molecule has 20 nitrogen and oxygen atoms in total. The molecule has 0 aliphatic rings. The quantitative estimate of drug-likeness (QED) is 0.0278. The molecule has 0 radical (unpaired) electrons. The Balaban J connectivity index is 1.61. The average molecular weight is 926 g/mol. The van der Waals surface area contributed by atoms with Crippen molar-refractivity contribution in [3.05, 3.63) is 59.3 Å². The van der Waals surface area contributed by atoms with E-state index in [0.29, 0.717) is 37.6 Å². The summed E-state index contributed by atoms with van der Waals surface area (Å²) in [4.78, 5) is 16.9. The van der Waals surface area contributed by atoms with E-state index in [0.717, 1.165) is 45.8 Å². The number of nitrogens with one attached hydrogen (secondary N) is 2. The Bertz CT molecular complexity index is 2500. The average Bonchev–Trinajstić information content (AvgIpc) is 3.85. The van der Waals surface area contributed by atoms with E-state index in [1.807, 2.05) is 27.7 Å². The predicted octanol–water partition coefficient (Wildman–Crippen LogP) is 8.48. The van der Waals surface area contributed by atoms with Crippen LogP contribution in [0, 0.1) is 0 Å². The normalized spacial score (nSPS) is 12.4. The second-order valence-electron chi connectivity index (χ2n) is 11.9. The van der Waals surface area contributed by atoms with Crippen LogP contribution in [-0.2, 0) is 30.4 Å². The zero-order valence-electron chi connectivity index (χ0n) is 31.8. The van der Waals surface area contributed by atoms with Crippen LogP contribution < -0.4 is 20.4 Å². The van der Waals surface area contributed by atoms with Gasteiger partial charge in [-0.25, -0.2) is 0 Å². The van der Waals surface area contributed by atoms with Gasteiger partial charge < -0.3 is 20.4 Å². The van der Waals surface area contributed by atoms with Crippen molar-refractivity contribution in [2.75, 3.05) is 58.1 Å². The maximum atomic E-state index is 11.9. The van der Waals surface area contributed by atoms with Crippen LogP contribution in [0.15, 0.2) is 94.7 Å². The summed E-state index contributed by atoms with van der Waals surface area (Å²) >= 11 is 2.84. The summed E-state index contributed by atoms with van der Waals surface area (Å²) in [7, 11) is -13.5. The molecule has 0 amide bonds. The van der Waals surface area contributed by atoms with Gasteiger partial charge >= 0.3 is 0 Å². The van der Waals surface area contributed by atoms with E-state index >= 15 is 0 Å². The monoisotopic (exact) mass is 925 g/mol. The van der Waals surface area contributed by atoms with Gasteiger partial charge in [-0.05, 0) is 87.0 Å². The van der Waals surface area contributed by atoms with E-state index in [9.17, 15) is 38.9 Å². The lowest BCUT2D eigenvalue weighted by molar-refractivity contribution is 0.481. The highest BCUT2D eigenvalue weighted by molar-refractivity contribution is 8.00. The number of hydrogen-bond acceptors (Lipinski definition) is 20. The van der Waals surface area contributed by atoms with Crippen LogP contribution in [0.25, 0.3) is 0 Å². The highest BCUT2D eigenvalue weighted by Crippen LogP contribution is 2.39. The van der Waals surface area contributed by atoms with Crippen LogP contribution in [0.1, 0.15) is 27.7 Å². The van der Waals surface area contributed by atoms with Crippen molar-refractivity contribution in [2.24, 2.45) is 20.5 Å². The van der Waals surface area contributed by atoms with Crippen molar-refractivity contribution < 1.29 is 38.9 Å². The summed E-state index contributed by atoms with van der Waals surface area (Å²) in [5.74, 6) is -0.799. The standard InChI is InChI=1S/C33H39N11O9S6/c1-5-43(6-2)21-9-11-23(39-41-29-27(13-15-54-29)58(48,49)50)25(19-21)34-31-36-32(38-33(37-31)56-17-18-57(45,46)47)35-26-20-22(44(7-3)8-4)10-12-24(26)40-42-30-28(14-16-55-30)59(51,52)53/h9-16,19-20H,5-8,17-18H2,1-4H3,(H,45,46,47)(H,48,49,50)(H,51,52,53)(H2,34,35,36,37,38). The zero-order chi connectivity index (χ0) is 43.0. The second kappa shape index (κ2) is 19.6. The zero-order valence-corrected chi connectivity index (χ0v) is 36.7. The van der Waals surface area contributed by atoms with Crippen molar-refractivity contribution in [2.45, 2.75) is 42.6 Å². The molecular formula is C33H39N11O9S6. The molecule has 5 rings (SSSR count). The molecule has 26 heteroatoms. The topological polar surface area (TPSA) is 282 Å². The molecular weight excluding hydrogens is 887 g/mol. The van der Waals surface area contributed by atoms with Crippen LogP contribution in [0.2, 0.25) is 0 Å². The second-order valence-corrected chi connectivity index (χ2v) is 19.1. The maximum Gasteiger partial charge on any atom is 0.297 e. The van der Waals surface area contributed by atoms with E-state index in [4.69, 9.17) is 0 Å². The van der Waals surface area contributed by atoms with Gasteiger partial charge in [-0.1, -0.05) is 11.8 Å². The third kappa shape index (κ3) is 12.4. The van der Waals surface area contributed by atoms with E-state index in [-0.39, 0.29) is 44.2 Å². The fraction of sp³-hybridized carbons (Fsp3) is 0.303. The minimum Gasteiger partial charge on any atom is -0.372 e. The van der Waals surface area contributed by atoms with E-state index in [2.05, 4.69) is 55.8 Å². The number of aromatic nitrogens is 3. The minimum atomic E-state index is -4.57. The number of rotatable bonds is 20. The van der Waals surface area contributed by atoms with Crippen molar-refractivity contribution in [3.8, 4) is 0 Å². The SMILES string of the molecule is CCN(CC)c1ccc(N=Nc2sccc2S(=O)(=O)O)c(Nc2nc(Nc3cc(N(CC)CC)ccc3N=Nc3sccc3S(=O)(=O)O)nc(SCCS(=O)(=O)O)n2)c1. The lowest BCUT2D eigenvalue weighted by atomic mass is 10.2. The summed E-state index contributed by atoms with van der Waals surface area (Å²) in [5, 5.41) is 25.9. The Morgan fingerprint density at radius 1 is 0.627 bits per heavy atom. The van der Waals surface area contributed by atoms with Gasteiger partial charge in [-0.15, -0.1) is 43.1 Å². The van der Waals surface area contributed by atoms with E-state index in [1.165, 1.54) is 22.9 Å². The number of nitrogens with zero attached hydrogens (tertiary/aromatic N) is 9. The molecule has 316 valence electrons. The molecule has 0 aliphatic heterocycles. The van der Waals surface area contributed by atoms with Crippen molar-refractivity contribution in [1.29, 1.82) is 0 Å². The fourth-order valence-electron chi connectivity index (χ4n) is 5.32. The first-order valence-corrected chi connectivity index (χ1v) is 24.7. The highest BCUT2D eigenvalue weighted by Gasteiger charge is 2.20. The smallest absolute Gasteiger partial charge is 0.297 e. The number of hydrogen-bond donors (Lipinski definition) is 5. The molecule has 5 N–H and O–H groups in total.